The Bertz CT molecular complexity index is 856. The number of benzene rings is 2. The number of carbonyl (C=O) groups is 1. The van der Waals surface area contributed by atoms with Crippen LogP contribution in [0.1, 0.15) is 18.0 Å². The number of sulfonamides is 1. The van der Waals surface area contributed by atoms with Crippen LogP contribution in [0.25, 0.3) is 0 Å². The average Bonchev–Trinajstić information content (AvgIpc) is 2.46. The Morgan fingerprint density at radius 2 is 1.79 bits per heavy atom. The molecule has 0 radical (unpaired) electrons. The molecule has 0 unspecified atom stereocenters. The Morgan fingerprint density at radius 3 is 2.33 bits per heavy atom. The SMILES string of the molecule is O=C(O)C[C@@H](NS(=O)(=O)c1ccc(F)cc1F)c1ccc(Cl)cc1. The van der Waals surface area contributed by atoms with Crippen molar-refractivity contribution in [3.63, 3.8) is 0 Å². The van der Waals surface area contributed by atoms with Gasteiger partial charge in [0.15, 0.2) is 0 Å². The third-order valence-electron chi connectivity index (χ3n) is 3.13. The second kappa shape index (κ2) is 7.25. The first kappa shape index (κ1) is 18.3. The van der Waals surface area contributed by atoms with Gasteiger partial charge in [-0.1, -0.05) is 23.7 Å². The van der Waals surface area contributed by atoms with Crippen LogP contribution in [0.3, 0.4) is 0 Å². The smallest absolute Gasteiger partial charge is 0.305 e. The summed E-state index contributed by atoms with van der Waals surface area (Å²) < 4.78 is 53.4. The Balaban J connectivity index is 2.37. The minimum absolute atomic E-state index is 0.341. The van der Waals surface area contributed by atoms with E-state index in [1.54, 1.807) is 0 Å². The fraction of sp³-hybridized carbons (Fsp3) is 0.133. The zero-order valence-corrected chi connectivity index (χ0v) is 13.6. The second-order valence-electron chi connectivity index (χ2n) is 4.90. The van der Waals surface area contributed by atoms with Crippen LogP contribution in [0.4, 0.5) is 8.78 Å². The molecule has 9 heteroatoms. The van der Waals surface area contributed by atoms with E-state index in [9.17, 15) is 22.0 Å². The standard InChI is InChI=1S/C15H12ClF2NO4S/c16-10-3-1-9(2-4-10)13(8-15(20)21)19-24(22,23)14-6-5-11(17)7-12(14)18/h1-7,13,19H,8H2,(H,20,21)/t13-/m1/s1. The van der Waals surface area contributed by atoms with Gasteiger partial charge in [0, 0.05) is 11.1 Å². The maximum atomic E-state index is 13.7. The first-order valence-electron chi connectivity index (χ1n) is 6.63. The molecule has 0 heterocycles. The van der Waals surface area contributed by atoms with Crippen LogP contribution in [0.5, 0.6) is 0 Å². The van der Waals surface area contributed by atoms with Gasteiger partial charge in [-0.05, 0) is 29.8 Å². The quantitative estimate of drug-likeness (QED) is 0.812. The van der Waals surface area contributed by atoms with Crippen molar-refractivity contribution in [2.75, 3.05) is 0 Å². The molecule has 0 spiro atoms. The van der Waals surface area contributed by atoms with Gasteiger partial charge >= 0.3 is 5.97 Å². The summed E-state index contributed by atoms with van der Waals surface area (Å²) in [5.41, 5.74) is 0.341. The highest BCUT2D eigenvalue weighted by atomic mass is 35.5. The van der Waals surface area contributed by atoms with Crippen LogP contribution in [0, 0.1) is 11.6 Å². The lowest BCUT2D eigenvalue weighted by Gasteiger charge is -2.18. The van der Waals surface area contributed by atoms with Gasteiger partial charge in [0.05, 0.1) is 12.5 Å². The molecule has 0 aliphatic rings. The lowest BCUT2D eigenvalue weighted by Crippen LogP contribution is -2.31. The summed E-state index contributed by atoms with van der Waals surface area (Å²) in [6, 6.07) is 6.71. The Hall–Kier alpha value is -2.03. The number of hydrogen-bond acceptors (Lipinski definition) is 3. The first-order valence-corrected chi connectivity index (χ1v) is 8.50. The van der Waals surface area contributed by atoms with Crippen molar-refractivity contribution in [3.05, 3.63) is 64.7 Å². The van der Waals surface area contributed by atoms with Crippen LogP contribution in [-0.4, -0.2) is 19.5 Å². The van der Waals surface area contributed by atoms with Crippen molar-refractivity contribution < 1.29 is 27.1 Å². The number of carboxylic acid groups (broad SMARTS) is 1. The van der Waals surface area contributed by atoms with Gasteiger partial charge in [0.2, 0.25) is 10.0 Å². The van der Waals surface area contributed by atoms with Gasteiger partial charge in [0.25, 0.3) is 0 Å². The fourth-order valence-corrected chi connectivity index (χ4v) is 3.45. The van der Waals surface area contributed by atoms with E-state index in [-0.39, 0.29) is 0 Å². The van der Waals surface area contributed by atoms with E-state index >= 15 is 0 Å². The largest absolute Gasteiger partial charge is 0.481 e. The molecule has 0 aromatic heterocycles. The Morgan fingerprint density at radius 1 is 1.17 bits per heavy atom. The summed E-state index contributed by atoms with van der Waals surface area (Å²) in [4.78, 5) is 10.2. The summed E-state index contributed by atoms with van der Waals surface area (Å²) >= 11 is 5.75. The van der Waals surface area contributed by atoms with Crippen molar-refractivity contribution in [2.24, 2.45) is 0 Å². The normalized spacial score (nSPS) is 12.8. The lowest BCUT2D eigenvalue weighted by atomic mass is 10.1. The third kappa shape index (κ3) is 4.50. The van der Waals surface area contributed by atoms with E-state index in [0.717, 1.165) is 12.1 Å². The lowest BCUT2D eigenvalue weighted by molar-refractivity contribution is -0.137. The molecular weight excluding hydrogens is 364 g/mol. The monoisotopic (exact) mass is 375 g/mol. The van der Waals surface area contributed by atoms with E-state index in [0.29, 0.717) is 16.7 Å². The Kier molecular flexibility index (Phi) is 5.53. The van der Waals surface area contributed by atoms with Crippen molar-refractivity contribution in [1.29, 1.82) is 0 Å². The van der Waals surface area contributed by atoms with E-state index in [1.165, 1.54) is 24.3 Å². The number of carboxylic acids is 1. The molecule has 1 atom stereocenters. The second-order valence-corrected chi connectivity index (χ2v) is 7.02. The van der Waals surface area contributed by atoms with Gasteiger partial charge in [-0.3, -0.25) is 4.79 Å². The maximum Gasteiger partial charge on any atom is 0.305 e. The van der Waals surface area contributed by atoms with Crippen LogP contribution < -0.4 is 4.72 Å². The van der Waals surface area contributed by atoms with Gasteiger partial charge in [-0.25, -0.2) is 21.9 Å². The summed E-state index contributed by atoms with van der Waals surface area (Å²) in [7, 11) is -4.40. The minimum atomic E-state index is -4.40. The topological polar surface area (TPSA) is 83.5 Å². The predicted octanol–water partition coefficient (Wildman–Crippen LogP) is 3.11. The van der Waals surface area contributed by atoms with E-state index in [2.05, 4.69) is 4.72 Å². The van der Waals surface area contributed by atoms with Crippen LogP contribution >= 0.6 is 11.6 Å². The minimum Gasteiger partial charge on any atom is -0.481 e. The molecule has 2 rings (SSSR count). The zero-order valence-electron chi connectivity index (χ0n) is 12.0. The number of aliphatic carboxylic acids is 1. The zero-order chi connectivity index (χ0) is 17.9. The molecule has 0 aliphatic carbocycles. The number of halogens is 3. The molecule has 0 bridgehead atoms. The molecular formula is C15H12ClF2NO4S. The molecule has 24 heavy (non-hydrogen) atoms. The van der Waals surface area contributed by atoms with Crippen LogP contribution in [0.2, 0.25) is 5.02 Å². The summed E-state index contributed by atoms with van der Waals surface area (Å²) in [6.07, 6.45) is -0.566. The van der Waals surface area contributed by atoms with Crippen LogP contribution in [-0.2, 0) is 14.8 Å². The highest BCUT2D eigenvalue weighted by molar-refractivity contribution is 7.89. The number of nitrogens with one attached hydrogen (secondary N) is 1. The van der Waals surface area contributed by atoms with E-state index in [4.69, 9.17) is 16.7 Å². The molecule has 0 fully saturated rings. The van der Waals surface area contributed by atoms with E-state index < -0.39 is 45.0 Å². The van der Waals surface area contributed by atoms with Crippen LogP contribution in [0.15, 0.2) is 47.4 Å². The van der Waals surface area contributed by atoms with Crippen molar-refractivity contribution in [1.82, 2.24) is 4.72 Å². The van der Waals surface area contributed by atoms with Gasteiger partial charge in [0.1, 0.15) is 16.5 Å². The molecule has 0 aliphatic heterocycles. The molecule has 2 N–H and O–H groups in total. The molecule has 2 aromatic carbocycles. The molecule has 2 aromatic rings. The molecule has 128 valence electrons. The molecule has 0 amide bonds. The fourth-order valence-electron chi connectivity index (χ4n) is 2.04. The maximum absolute atomic E-state index is 13.7. The summed E-state index contributed by atoms with van der Waals surface area (Å²) in [5.74, 6) is -3.45. The predicted molar refractivity (Wildman–Crippen MR) is 83.1 cm³/mol. The molecule has 0 saturated carbocycles. The summed E-state index contributed by atoms with van der Waals surface area (Å²) in [5, 5.41) is 9.36. The van der Waals surface area contributed by atoms with Gasteiger partial charge in [-0.2, -0.15) is 0 Å². The number of rotatable bonds is 6. The average molecular weight is 376 g/mol. The molecule has 5 nitrogen and oxygen atoms in total. The summed E-state index contributed by atoms with van der Waals surface area (Å²) in [6.45, 7) is 0. The van der Waals surface area contributed by atoms with Crippen molar-refractivity contribution >= 4 is 27.6 Å². The van der Waals surface area contributed by atoms with E-state index in [1.807, 2.05) is 0 Å². The Labute approximate surface area is 141 Å². The highest BCUT2D eigenvalue weighted by Crippen LogP contribution is 2.23. The van der Waals surface area contributed by atoms with Gasteiger partial charge < -0.3 is 5.11 Å². The first-order chi connectivity index (χ1) is 11.2. The van der Waals surface area contributed by atoms with Crippen molar-refractivity contribution in [3.8, 4) is 0 Å². The molecule has 0 saturated heterocycles. The number of hydrogen-bond donors (Lipinski definition) is 2. The van der Waals surface area contributed by atoms with Crippen molar-refractivity contribution in [2.45, 2.75) is 17.4 Å². The van der Waals surface area contributed by atoms with Gasteiger partial charge in [-0.15, -0.1) is 0 Å². The third-order valence-corrected chi connectivity index (χ3v) is 4.89. The highest BCUT2D eigenvalue weighted by Gasteiger charge is 2.26.